The molecular formula is C53H51ClN16O8. The first-order valence-electron chi connectivity index (χ1n) is 24.3. The average molecular weight is 1080 g/mol. The quantitative estimate of drug-likeness (QED) is 0.0549. The number of H-pyrrole nitrogens is 1. The zero-order chi connectivity index (χ0) is 55.3. The van der Waals surface area contributed by atoms with Crippen LogP contribution >= 0.6 is 11.6 Å². The van der Waals surface area contributed by atoms with Crippen LogP contribution in [0.2, 0.25) is 0 Å². The van der Waals surface area contributed by atoms with Gasteiger partial charge in [-0.1, -0.05) is 30.3 Å². The number of fused-ring (bicyclic) bond motifs is 4. The van der Waals surface area contributed by atoms with E-state index in [1.165, 1.54) is 56.0 Å². The number of rotatable bonds is 15. The summed E-state index contributed by atoms with van der Waals surface area (Å²) in [4.78, 5) is 109. The SMILES string of the molecule is CC(=O)Nc1cn(C)c(C(=O)Nc2cn(C)c(C(=O)Nc3cc(C(=O)NCCC(=O)Nc4cn(C)c(C(=O)Nc5cc(-c6ccc7[nH]c(C(=O)N8C[C@@H](CCl)c9c8cc(O)c8ccccc98)cc7c6)n(C)c5)n4)n(C)c3)n2)n1. The molecule has 0 aliphatic carbocycles. The summed E-state index contributed by atoms with van der Waals surface area (Å²) < 4.78 is 7.67. The molecule has 7 heterocycles. The van der Waals surface area contributed by atoms with Gasteiger partial charge < -0.3 is 69.7 Å². The summed E-state index contributed by atoms with van der Waals surface area (Å²) in [6, 6.07) is 20.0. The molecule has 1 aliphatic heterocycles. The minimum atomic E-state index is -0.624. The predicted octanol–water partition coefficient (Wildman–Crippen LogP) is 6.03. The molecule has 1 aliphatic rings. The Kier molecular flexibility index (Phi) is 13.6. The number of amides is 7. The van der Waals surface area contributed by atoms with Gasteiger partial charge in [-0.25, -0.2) is 15.0 Å². The van der Waals surface area contributed by atoms with E-state index >= 15 is 0 Å². The average Bonchev–Trinajstić information content (AvgIpc) is 4.41. The summed E-state index contributed by atoms with van der Waals surface area (Å²) in [6.45, 7) is 1.64. The Morgan fingerprint density at radius 3 is 1.88 bits per heavy atom. The molecular weight excluding hydrogens is 1020 g/mol. The molecule has 1 atom stereocenters. The van der Waals surface area contributed by atoms with Gasteiger partial charge in [0.25, 0.3) is 29.5 Å². The maximum absolute atomic E-state index is 14.1. The van der Waals surface area contributed by atoms with Crippen molar-refractivity contribution in [3.05, 3.63) is 132 Å². The summed E-state index contributed by atoms with van der Waals surface area (Å²) in [7, 11) is 8.22. The van der Waals surface area contributed by atoms with Crippen LogP contribution in [0.25, 0.3) is 32.9 Å². The van der Waals surface area contributed by atoms with Crippen molar-refractivity contribution < 1.29 is 38.7 Å². The topological polar surface area (TPSA) is 294 Å². The zero-order valence-corrected chi connectivity index (χ0v) is 43.6. The number of aryl methyl sites for hydroxylation is 5. The standard InChI is InChI=1S/C53H51ClN16O8/c1-27(71)56-41-24-67(4)48(61-41)52(77)64-43-26-69(6)47(63-43)51(76)58-32-18-39(66(3)23-32)49(74)55-14-13-44(73)60-42-25-68(5)46(62-42)50(75)57-31-17-37(65(2)22-31)28-11-12-35-29(15-28)16-36(59-35)53(78)70-21-30(20-54)45-34-10-8-7-9-33(34)40(72)19-38(45)70/h7-12,15-19,22-26,30,59,72H,13-14,20-21H2,1-6H3,(H,55,74)(H,56,71)(H,57,75)(H,58,76)(H,60,73)(H,64,77)/t30-/m1/s1. The summed E-state index contributed by atoms with van der Waals surface area (Å²) in [5.74, 6) is -2.69. The van der Waals surface area contributed by atoms with Crippen molar-refractivity contribution in [1.29, 1.82) is 0 Å². The lowest BCUT2D eigenvalue weighted by atomic mass is 9.95. The van der Waals surface area contributed by atoms with Gasteiger partial charge in [-0.2, -0.15) is 0 Å². The molecule has 25 heteroatoms. The molecule has 0 saturated carbocycles. The number of nitrogens with one attached hydrogen (secondary N) is 7. The van der Waals surface area contributed by atoms with Crippen LogP contribution < -0.4 is 36.8 Å². The van der Waals surface area contributed by atoms with Gasteiger partial charge in [0.05, 0.1) is 17.1 Å². The molecule has 78 heavy (non-hydrogen) atoms. The third-order valence-corrected chi connectivity index (χ3v) is 13.5. The molecule has 10 rings (SSSR count). The van der Waals surface area contributed by atoms with E-state index in [-0.39, 0.29) is 82.8 Å². The molecule has 3 aromatic carbocycles. The lowest BCUT2D eigenvalue weighted by molar-refractivity contribution is -0.116. The highest BCUT2D eigenvalue weighted by Gasteiger charge is 2.35. The smallest absolute Gasteiger partial charge is 0.292 e. The van der Waals surface area contributed by atoms with E-state index in [9.17, 15) is 38.7 Å². The second kappa shape index (κ2) is 20.6. The van der Waals surface area contributed by atoms with Gasteiger partial charge in [0.15, 0.2) is 17.5 Å². The third kappa shape index (κ3) is 10.1. The Morgan fingerprint density at radius 1 is 0.654 bits per heavy atom. The number of nitrogens with zero attached hydrogens (tertiary/aromatic N) is 9. The number of phenols is 1. The van der Waals surface area contributed by atoms with Crippen molar-refractivity contribution in [1.82, 2.24) is 48.1 Å². The zero-order valence-electron chi connectivity index (χ0n) is 42.9. The van der Waals surface area contributed by atoms with Gasteiger partial charge in [0, 0.05) is 133 Å². The van der Waals surface area contributed by atoms with E-state index in [0.29, 0.717) is 34.9 Å². The first-order valence-corrected chi connectivity index (χ1v) is 24.8. The Morgan fingerprint density at radius 2 is 1.24 bits per heavy atom. The van der Waals surface area contributed by atoms with Crippen LogP contribution in [0.5, 0.6) is 5.75 Å². The van der Waals surface area contributed by atoms with Gasteiger partial charge in [-0.15, -0.1) is 11.6 Å². The number of benzene rings is 3. The van der Waals surface area contributed by atoms with Crippen molar-refractivity contribution in [3.63, 3.8) is 0 Å². The highest BCUT2D eigenvalue weighted by Crippen LogP contribution is 2.46. The number of hydrogen-bond donors (Lipinski definition) is 8. The van der Waals surface area contributed by atoms with E-state index in [0.717, 1.165) is 33.1 Å². The molecule has 7 amide bonds. The number of imidazole rings is 3. The van der Waals surface area contributed by atoms with Crippen LogP contribution in [0.3, 0.4) is 0 Å². The van der Waals surface area contributed by atoms with E-state index in [1.54, 1.807) is 51.4 Å². The minimum Gasteiger partial charge on any atom is -0.507 e. The fourth-order valence-corrected chi connectivity index (χ4v) is 9.85. The minimum absolute atomic E-state index is 0.00105. The number of hydrogen-bond acceptors (Lipinski definition) is 11. The maximum Gasteiger partial charge on any atom is 0.292 e. The molecule has 9 aromatic rings. The Balaban J connectivity index is 0.710. The van der Waals surface area contributed by atoms with Crippen LogP contribution in [0.1, 0.15) is 77.7 Å². The van der Waals surface area contributed by atoms with Gasteiger partial charge in [-0.3, -0.25) is 33.6 Å². The highest BCUT2D eigenvalue weighted by atomic mass is 35.5. The molecule has 0 spiro atoms. The van der Waals surface area contributed by atoms with Crippen molar-refractivity contribution in [2.24, 2.45) is 35.2 Å². The fourth-order valence-electron chi connectivity index (χ4n) is 9.60. The normalized spacial score (nSPS) is 12.9. The Bertz CT molecular complexity index is 3950. The summed E-state index contributed by atoms with van der Waals surface area (Å²) >= 11 is 6.43. The molecule has 398 valence electrons. The number of carbonyl (C=O) groups excluding carboxylic acids is 7. The molecule has 0 fully saturated rings. The predicted molar refractivity (Wildman–Crippen MR) is 292 cm³/mol. The van der Waals surface area contributed by atoms with Crippen molar-refractivity contribution >= 4 is 109 Å². The van der Waals surface area contributed by atoms with Gasteiger partial charge in [-0.05, 0) is 46.8 Å². The van der Waals surface area contributed by atoms with Gasteiger partial charge >= 0.3 is 0 Å². The number of alkyl halides is 1. The number of phenolic OH excluding ortho intramolecular Hbond substituents is 1. The van der Waals surface area contributed by atoms with Crippen LogP contribution in [-0.2, 0) is 44.8 Å². The Hall–Kier alpha value is -9.97. The lowest BCUT2D eigenvalue weighted by Gasteiger charge is -2.17. The monoisotopic (exact) mass is 1070 g/mol. The van der Waals surface area contributed by atoms with E-state index in [4.69, 9.17) is 11.6 Å². The number of aromatic hydroxyl groups is 1. The first-order chi connectivity index (χ1) is 37.3. The van der Waals surface area contributed by atoms with Crippen molar-refractivity contribution in [2.45, 2.75) is 19.3 Å². The number of halogens is 1. The third-order valence-electron chi connectivity index (χ3n) is 13.2. The highest BCUT2D eigenvalue weighted by molar-refractivity contribution is 6.19. The summed E-state index contributed by atoms with van der Waals surface area (Å²) in [5, 5.41) is 29.3. The first kappa shape index (κ1) is 51.5. The summed E-state index contributed by atoms with van der Waals surface area (Å²) in [6.07, 6.45) is 7.56. The number of aromatic nitrogens is 9. The number of carbonyl (C=O) groups is 7. The maximum atomic E-state index is 14.1. The van der Waals surface area contributed by atoms with Crippen LogP contribution in [0.15, 0.2) is 97.7 Å². The van der Waals surface area contributed by atoms with Crippen molar-refractivity contribution in [3.8, 4) is 17.0 Å². The molecule has 8 N–H and O–H groups in total. The molecule has 0 saturated heterocycles. The second-order valence-electron chi connectivity index (χ2n) is 18.9. The van der Waals surface area contributed by atoms with E-state index in [2.05, 4.69) is 51.8 Å². The largest absolute Gasteiger partial charge is 0.507 e. The second-order valence-corrected chi connectivity index (χ2v) is 19.2. The lowest BCUT2D eigenvalue weighted by Crippen LogP contribution is -2.30. The summed E-state index contributed by atoms with van der Waals surface area (Å²) in [5.41, 5.74) is 5.27. The molecule has 6 aromatic heterocycles. The fraction of sp³-hybridized carbons (Fsp3) is 0.208. The number of anilines is 6. The van der Waals surface area contributed by atoms with Crippen LogP contribution in [0.4, 0.5) is 34.5 Å². The van der Waals surface area contributed by atoms with Crippen LogP contribution in [-0.4, -0.2) is 108 Å². The molecule has 0 unspecified atom stereocenters. The van der Waals surface area contributed by atoms with Crippen molar-refractivity contribution in [2.75, 3.05) is 50.5 Å². The van der Waals surface area contributed by atoms with Gasteiger partial charge in [0.1, 0.15) is 17.1 Å². The molecule has 0 radical (unpaired) electrons. The van der Waals surface area contributed by atoms with E-state index in [1.807, 2.05) is 60.1 Å². The molecule has 0 bridgehead atoms. The van der Waals surface area contributed by atoms with Gasteiger partial charge in [0.2, 0.25) is 29.3 Å². The van der Waals surface area contributed by atoms with Crippen LogP contribution in [0, 0.1) is 0 Å². The Labute approximate surface area is 448 Å². The number of aromatic amines is 1. The van der Waals surface area contributed by atoms with E-state index < -0.39 is 29.5 Å². The molecule has 24 nitrogen and oxygen atoms in total.